The number of phenolic OH excluding ortho intramolecular Hbond substituents is 1. The van der Waals surface area contributed by atoms with Crippen LogP contribution in [-0.4, -0.2) is 24.9 Å². The number of hydrogen-bond acceptors (Lipinski definition) is 3. The summed E-state index contributed by atoms with van der Waals surface area (Å²) < 4.78 is 5.90. The molecule has 2 N–H and O–H groups in total. The largest absolute Gasteiger partial charge is 0.506 e. The van der Waals surface area contributed by atoms with Gasteiger partial charge in [-0.05, 0) is 27.9 Å². The Hall–Kier alpha value is -0.580. The van der Waals surface area contributed by atoms with Crippen molar-refractivity contribution in [3.8, 4) is 5.75 Å². The van der Waals surface area contributed by atoms with Gasteiger partial charge in [0.15, 0.2) is 0 Å². The third-order valence-corrected chi connectivity index (χ3v) is 3.42. The quantitative estimate of drug-likeness (QED) is 0.849. The lowest BCUT2D eigenvalue weighted by Crippen LogP contribution is -2.37. The Morgan fingerprint density at radius 3 is 2.71 bits per heavy atom. The lowest BCUT2D eigenvalue weighted by Gasteiger charge is -2.22. The highest BCUT2D eigenvalue weighted by molar-refractivity contribution is 9.10. The van der Waals surface area contributed by atoms with Crippen molar-refractivity contribution >= 4 is 15.9 Å². The van der Waals surface area contributed by atoms with Crippen molar-refractivity contribution in [2.75, 3.05) is 13.7 Å². The van der Waals surface area contributed by atoms with Crippen molar-refractivity contribution in [1.29, 1.82) is 0 Å². The Labute approximate surface area is 111 Å². The van der Waals surface area contributed by atoms with Gasteiger partial charge in [0.05, 0.1) is 11.1 Å². The van der Waals surface area contributed by atoms with Crippen LogP contribution in [0.15, 0.2) is 22.7 Å². The van der Waals surface area contributed by atoms with E-state index < -0.39 is 0 Å². The van der Waals surface area contributed by atoms with Crippen LogP contribution in [0.25, 0.3) is 0 Å². The highest BCUT2D eigenvalue weighted by Gasteiger charge is 2.13. The fraction of sp³-hybridized carbons (Fsp3) is 0.538. The molecule has 0 saturated carbocycles. The SMILES string of the molecule is COCC(NCc1cccc(Br)c1O)C(C)C. The lowest BCUT2D eigenvalue weighted by atomic mass is 10.0. The summed E-state index contributed by atoms with van der Waals surface area (Å²) in [7, 11) is 1.70. The van der Waals surface area contributed by atoms with Crippen molar-refractivity contribution in [1.82, 2.24) is 5.32 Å². The van der Waals surface area contributed by atoms with Crippen LogP contribution in [0.2, 0.25) is 0 Å². The molecule has 0 bridgehead atoms. The van der Waals surface area contributed by atoms with Gasteiger partial charge in [-0.1, -0.05) is 26.0 Å². The summed E-state index contributed by atoms with van der Waals surface area (Å²) in [4.78, 5) is 0. The van der Waals surface area contributed by atoms with Crippen LogP contribution in [0.4, 0.5) is 0 Å². The Morgan fingerprint density at radius 1 is 1.41 bits per heavy atom. The first-order valence-corrected chi connectivity index (χ1v) is 6.54. The molecule has 1 unspecified atom stereocenters. The number of nitrogens with one attached hydrogen (secondary N) is 1. The number of ether oxygens (including phenoxy) is 1. The molecule has 0 aliphatic heterocycles. The summed E-state index contributed by atoms with van der Waals surface area (Å²) >= 11 is 3.31. The molecule has 0 aromatic heterocycles. The van der Waals surface area contributed by atoms with E-state index in [1.807, 2.05) is 18.2 Å². The van der Waals surface area contributed by atoms with Gasteiger partial charge in [0.1, 0.15) is 5.75 Å². The minimum Gasteiger partial charge on any atom is -0.506 e. The van der Waals surface area contributed by atoms with Gasteiger partial charge in [-0.3, -0.25) is 0 Å². The molecule has 0 aliphatic carbocycles. The Morgan fingerprint density at radius 2 is 2.12 bits per heavy atom. The number of rotatable bonds is 6. The molecule has 0 amide bonds. The zero-order valence-electron chi connectivity index (χ0n) is 10.5. The van der Waals surface area contributed by atoms with Crippen molar-refractivity contribution in [3.63, 3.8) is 0 Å². The molecule has 96 valence electrons. The molecule has 0 radical (unpaired) electrons. The van der Waals surface area contributed by atoms with E-state index in [4.69, 9.17) is 4.74 Å². The maximum atomic E-state index is 9.86. The van der Waals surface area contributed by atoms with E-state index in [2.05, 4.69) is 35.1 Å². The van der Waals surface area contributed by atoms with Crippen LogP contribution in [0.5, 0.6) is 5.75 Å². The number of para-hydroxylation sites is 1. The van der Waals surface area contributed by atoms with Crippen molar-refractivity contribution in [3.05, 3.63) is 28.2 Å². The molecule has 1 aromatic rings. The number of halogens is 1. The average Bonchev–Trinajstić information content (AvgIpc) is 2.29. The van der Waals surface area contributed by atoms with E-state index >= 15 is 0 Å². The van der Waals surface area contributed by atoms with E-state index in [0.717, 1.165) is 10.0 Å². The van der Waals surface area contributed by atoms with Gasteiger partial charge in [0.2, 0.25) is 0 Å². The fourth-order valence-electron chi connectivity index (χ4n) is 1.61. The molecule has 0 fully saturated rings. The van der Waals surface area contributed by atoms with Gasteiger partial charge >= 0.3 is 0 Å². The van der Waals surface area contributed by atoms with E-state index in [1.54, 1.807) is 7.11 Å². The molecule has 0 aliphatic rings. The maximum absolute atomic E-state index is 9.86. The van der Waals surface area contributed by atoms with Crippen molar-refractivity contribution in [2.24, 2.45) is 5.92 Å². The number of methoxy groups -OCH3 is 1. The van der Waals surface area contributed by atoms with E-state index in [-0.39, 0.29) is 0 Å². The van der Waals surface area contributed by atoms with Crippen LogP contribution in [0.1, 0.15) is 19.4 Å². The molecule has 0 spiro atoms. The van der Waals surface area contributed by atoms with Crippen molar-refractivity contribution in [2.45, 2.75) is 26.4 Å². The lowest BCUT2D eigenvalue weighted by molar-refractivity contribution is 0.146. The molecular weight excluding hydrogens is 282 g/mol. The van der Waals surface area contributed by atoms with E-state index in [0.29, 0.717) is 30.9 Å². The second-order valence-electron chi connectivity index (χ2n) is 4.43. The number of hydrogen-bond donors (Lipinski definition) is 2. The second-order valence-corrected chi connectivity index (χ2v) is 5.29. The average molecular weight is 302 g/mol. The smallest absolute Gasteiger partial charge is 0.134 e. The van der Waals surface area contributed by atoms with Gasteiger partial charge in [0.25, 0.3) is 0 Å². The van der Waals surface area contributed by atoms with Gasteiger partial charge in [-0.15, -0.1) is 0 Å². The minimum absolute atomic E-state index is 0.290. The number of benzene rings is 1. The topological polar surface area (TPSA) is 41.5 Å². The standard InChI is InChI=1S/C13H20BrNO2/c1-9(2)12(8-17-3)15-7-10-5-4-6-11(14)13(10)16/h4-6,9,12,15-16H,7-8H2,1-3H3. The molecule has 1 aromatic carbocycles. The van der Waals surface area contributed by atoms with Gasteiger partial charge in [-0.2, -0.15) is 0 Å². The minimum atomic E-state index is 0.290. The maximum Gasteiger partial charge on any atom is 0.134 e. The summed E-state index contributed by atoms with van der Waals surface area (Å²) in [5.41, 5.74) is 0.890. The van der Waals surface area contributed by atoms with Crippen LogP contribution in [0.3, 0.4) is 0 Å². The summed E-state index contributed by atoms with van der Waals surface area (Å²) in [6.07, 6.45) is 0. The van der Waals surface area contributed by atoms with Gasteiger partial charge in [0, 0.05) is 25.3 Å². The molecule has 3 nitrogen and oxygen atoms in total. The normalized spacial score (nSPS) is 13.0. The third-order valence-electron chi connectivity index (χ3n) is 2.78. The predicted molar refractivity (Wildman–Crippen MR) is 73.1 cm³/mol. The highest BCUT2D eigenvalue weighted by atomic mass is 79.9. The van der Waals surface area contributed by atoms with E-state index in [9.17, 15) is 5.11 Å². The number of phenols is 1. The van der Waals surface area contributed by atoms with Crippen LogP contribution in [-0.2, 0) is 11.3 Å². The summed E-state index contributed by atoms with van der Waals surface area (Å²) in [5.74, 6) is 0.796. The first kappa shape index (κ1) is 14.5. The predicted octanol–water partition coefficient (Wildman–Crippen LogP) is 2.92. The fourth-order valence-corrected chi connectivity index (χ4v) is 2.02. The monoisotopic (exact) mass is 301 g/mol. The third kappa shape index (κ3) is 4.30. The van der Waals surface area contributed by atoms with Gasteiger partial charge < -0.3 is 15.2 Å². The zero-order chi connectivity index (χ0) is 12.8. The highest BCUT2D eigenvalue weighted by Crippen LogP contribution is 2.27. The molecular formula is C13H20BrNO2. The zero-order valence-corrected chi connectivity index (χ0v) is 12.1. The van der Waals surface area contributed by atoms with Crippen LogP contribution in [0, 0.1) is 5.92 Å². The Bertz CT molecular complexity index is 355. The molecule has 1 rings (SSSR count). The van der Waals surface area contributed by atoms with E-state index in [1.165, 1.54) is 0 Å². The van der Waals surface area contributed by atoms with Gasteiger partial charge in [-0.25, -0.2) is 0 Å². The van der Waals surface area contributed by atoms with Crippen molar-refractivity contribution < 1.29 is 9.84 Å². The molecule has 17 heavy (non-hydrogen) atoms. The first-order chi connectivity index (χ1) is 8.06. The molecule has 0 saturated heterocycles. The van der Waals surface area contributed by atoms with Crippen LogP contribution < -0.4 is 5.32 Å². The second kappa shape index (κ2) is 6.99. The molecule has 1 atom stereocenters. The summed E-state index contributed by atoms with van der Waals surface area (Å²) in [6, 6.07) is 5.95. The summed E-state index contributed by atoms with van der Waals surface area (Å²) in [5, 5.41) is 13.3. The van der Waals surface area contributed by atoms with Crippen LogP contribution >= 0.6 is 15.9 Å². The Balaban J connectivity index is 2.62. The first-order valence-electron chi connectivity index (χ1n) is 5.75. The Kier molecular flexibility index (Phi) is 5.95. The molecule has 4 heteroatoms. The number of aromatic hydroxyl groups is 1. The molecule has 0 heterocycles. The summed E-state index contributed by atoms with van der Waals surface area (Å²) in [6.45, 7) is 5.61.